The molecule has 2 heterocycles. The minimum atomic E-state index is -3.15. The van der Waals surface area contributed by atoms with Gasteiger partial charge in [-0.2, -0.15) is 0 Å². The molecule has 0 aromatic carbocycles. The van der Waals surface area contributed by atoms with Crippen molar-refractivity contribution in [2.24, 2.45) is 11.8 Å². The van der Waals surface area contributed by atoms with Crippen molar-refractivity contribution in [1.29, 1.82) is 0 Å². The predicted molar refractivity (Wildman–Crippen MR) is 86.8 cm³/mol. The van der Waals surface area contributed by atoms with Gasteiger partial charge in [0.05, 0.1) is 12.5 Å². The molecule has 3 rings (SSSR count). The highest BCUT2D eigenvalue weighted by Gasteiger charge is 2.43. The molecule has 122 valence electrons. The summed E-state index contributed by atoms with van der Waals surface area (Å²) in [6, 6.07) is 3.87. The number of hydrogen-bond donors (Lipinski definition) is 1. The van der Waals surface area contributed by atoms with Crippen LogP contribution in [0.2, 0.25) is 0 Å². The Morgan fingerprint density at radius 1 is 1.45 bits per heavy atom. The van der Waals surface area contributed by atoms with Crippen LogP contribution in [0.3, 0.4) is 0 Å². The zero-order chi connectivity index (χ0) is 15.7. The lowest BCUT2D eigenvalue weighted by Crippen LogP contribution is -2.40. The van der Waals surface area contributed by atoms with Gasteiger partial charge in [-0.15, -0.1) is 0 Å². The predicted octanol–water partition coefficient (Wildman–Crippen LogP) is 1.94. The fourth-order valence-corrected chi connectivity index (χ4v) is 4.26. The lowest BCUT2D eigenvalue weighted by Gasteiger charge is -2.17. The summed E-state index contributed by atoms with van der Waals surface area (Å²) < 4.78 is 31.3. The van der Waals surface area contributed by atoms with E-state index in [1.54, 1.807) is 6.26 Å². The second-order valence-corrected chi connectivity index (χ2v) is 8.48. The third-order valence-corrected chi connectivity index (χ3v) is 5.17. The van der Waals surface area contributed by atoms with Crippen molar-refractivity contribution < 1.29 is 12.8 Å². The minimum absolute atomic E-state index is 0.0545. The molecule has 1 aliphatic heterocycles. The maximum absolute atomic E-state index is 11.6. The van der Waals surface area contributed by atoms with Gasteiger partial charge in [0.15, 0.2) is 0 Å². The van der Waals surface area contributed by atoms with E-state index >= 15 is 0 Å². The average Bonchev–Trinajstić information content (AvgIpc) is 2.98. The monoisotopic (exact) mass is 324 g/mol. The molecule has 1 N–H and O–H groups in total. The molecule has 1 aliphatic carbocycles. The molecule has 0 amide bonds. The first-order valence-corrected chi connectivity index (χ1v) is 9.70. The van der Waals surface area contributed by atoms with Crippen molar-refractivity contribution in [3.63, 3.8) is 0 Å². The third-order valence-electron chi connectivity index (χ3n) is 4.44. The first-order chi connectivity index (χ1) is 10.4. The highest BCUT2D eigenvalue weighted by atomic mass is 32.2. The highest BCUT2D eigenvalue weighted by molar-refractivity contribution is 7.88. The van der Waals surface area contributed by atoms with Crippen molar-refractivity contribution in [2.75, 3.05) is 25.9 Å². The lowest BCUT2D eigenvalue weighted by atomic mass is 9.99. The second kappa shape index (κ2) is 6.18. The number of nitrogens with one attached hydrogen (secondary N) is 1. The molecular formula is C16H24N2O3S. The van der Waals surface area contributed by atoms with Gasteiger partial charge >= 0.3 is 0 Å². The van der Waals surface area contributed by atoms with E-state index in [0.29, 0.717) is 11.8 Å². The van der Waals surface area contributed by atoms with Crippen LogP contribution in [0.15, 0.2) is 28.4 Å². The maximum atomic E-state index is 11.6. The fraction of sp³-hybridized carbons (Fsp3) is 0.625. The summed E-state index contributed by atoms with van der Waals surface area (Å²) in [4.78, 5) is 2.35. The molecule has 5 nitrogen and oxygen atoms in total. The van der Waals surface area contributed by atoms with Gasteiger partial charge in [0.25, 0.3) is 0 Å². The van der Waals surface area contributed by atoms with Crippen LogP contribution in [0.25, 0.3) is 6.08 Å². The molecule has 1 saturated heterocycles. The van der Waals surface area contributed by atoms with E-state index in [1.807, 2.05) is 18.2 Å². The second-order valence-electron chi connectivity index (χ2n) is 6.70. The van der Waals surface area contributed by atoms with Crippen molar-refractivity contribution >= 4 is 16.1 Å². The summed E-state index contributed by atoms with van der Waals surface area (Å²) in [6.07, 6.45) is 7.44. The maximum Gasteiger partial charge on any atom is 0.209 e. The molecule has 2 atom stereocenters. The molecule has 1 saturated carbocycles. The van der Waals surface area contributed by atoms with Gasteiger partial charge in [-0.1, -0.05) is 5.57 Å². The quantitative estimate of drug-likeness (QED) is 0.869. The largest absolute Gasteiger partial charge is 0.465 e. The van der Waals surface area contributed by atoms with Crippen molar-refractivity contribution in [1.82, 2.24) is 9.62 Å². The Hall–Kier alpha value is -1.11. The summed E-state index contributed by atoms with van der Waals surface area (Å²) in [5.41, 5.74) is 1.23. The highest BCUT2D eigenvalue weighted by Crippen LogP contribution is 2.41. The zero-order valence-corrected chi connectivity index (χ0v) is 14.0. The smallest absolute Gasteiger partial charge is 0.209 e. The number of sulfonamides is 1. The number of rotatable bonds is 6. The van der Waals surface area contributed by atoms with E-state index in [1.165, 1.54) is 24.7 Å². The van der Waals surface area contributed by atoms with Crippen molar-refractivity contribution in [3.05, 3.63) is 29.7 Å². The Kier molecular flexibility index (Phi) is 4.43. The Morgan fingerprint density at radius 2 is 2.23 bits per heavy atom. The summed E-state index contributed by atoms with van der Waals surface area (Å²) in [6.45, 7) is 4.70. The molecule has 1 aromatic heterocycles. The van der Waals surface area contributed by atoms with E-state index in [-0.39, 0.29) is 6.04 Å². The summed E-state index contributed by atoms with van der Waals surface area (Å²) in [5.74, 6) is 2.01. The molecule has 2 aliphatic rings. The molecule has 0 spiro atoms. The Bertz CT molecular complexity index is 632. The lowest BCUT2D eigenvalue weighted by molar-refractivity contribution is 0.342. The minimum Gasteiger partial charge on any atom is -0.465 e. The summed E-state index contributed by atoms with van der Waals surface area (Å²) in [7, 11) is -3.15. The van der Waals surface area contributed by atoms with Gasteiger partial charge in [0, 0.05) is 25.7 Å². The van der Waals surface area contributed by atoms with Crippen LogP contribution in [-0.4, -0.2) is 45.2 Å². The molecule has 0 unspecified atom stereocenters. The molecule has 0 bridgehead atoms. The topological polar surface area (TPSA) is 62.6 Å². The van der Waals surface area contributed by atoms with Gasteiger partial charge in [0.2, 0.25) is 10.0 Å². The van der Waals surface area contributed by atoms with Crippen LogP contribution in [-0.2, 0) is 10.0 Å². The third kappa shape index (κ3) is 4.21. The summed E-state index contributed by atoms with van der Waals surface area (Å²) in [5, 5.41) is 0. The van der Waals surface area contributed by atoms with Crippen LogP contribution >= 0.6 is 0 Å². The van der Waals surface area contributed by atoms with E-state index in [2.05, 4.69) is 16.5 Å². The Labute approximate surface area is 132 Å². The Balaban J connectivity index is 1.63. The van der Waals surface area contributed by atoms with Gasteiger partial charge in [-0.3, -0.25) is 4.90 Å². The normalized spacial score (nSPS) is 27.5. The van der Waals surface area contributed by atoms with E-state index in [9.17, 15) is 8.42 Å². The van der Waals surface area contributed by atoms with Crippen LogP contribution in [0.4, 0.5) is 0 Å². The van der Waals surface area contributed by atoms with Crippen LogP contribution in [0.5, 0.6) is 0 Å². The molecule has 22 heavy (non-hydrogen) atoms. The Morgan fingerprint density at radius 3 is 2.82 bits per heavy atom. The molecule has 0 radical (unpaired) electrons. The standard InChI is InChI=1S/C16H24N2O3S/c1-12(8-14-4-3-7-21-14)9-18-10-15(13-5-6-13)16(11-18)17-22(2,19)20/h3-4,7-8,13,15-17H,5-6,9-11H2,1-2H3/b12-8+/t15-,16+/m1/s1. The van der Waals surface area contributed by atoms with Crippen LogP contribution in [0, 0.1) is 11.8 Å². The van der Waals surface area contributed by atoms with Gasteiger partial charge < -0.3 is 4.42 Å². The fourth-order valence-electron chi connectivity index (χ4n) is 3.46. The number of hydrogen-bond acceptors (Lipinski definition) is 4. The van der Waals surface area contributed by atoms with Gasteiger partial charge in [0.1, 0.15) is 5.76 Å². The SMILES string of the molecule is C/C(=C\c1ccco1)CN1C[C@H](NS(C)(=O)=O)[C@@H](C2CC2)C1. The van der Waals surface area contributed by atoms with Gasteiger partial charge in [-0.05, 0) is 49.8 Å². The average molecular weight is 324 g/mol. The molecule has 2 fully saturated rings. The number of nitrogens with zero attached hydrogens (tertiary/aromatic N) is 1. The van der Waals surface area contributed by atoms with E-state index in [4.69, 9.17) is 4.42 Å². The first kappa shape index (κ1) is 15.8. The van der Waals surface area contributed by atoms with Crippen LogP contribution < -0.4 is 4.72 Å². The van der Waals surface area contributed by atoms with Crippen molar-refractivity contribution in [3.8, 4) is 0 Å². The van der Waals surface area contributed by atoms with E-state index in [0.717, 1.165) is 25.4 Å². The molecular weight excluding hydrogens is 300 g/mol. The number of furan rings is 1. The molecule has 6 heteroatoms. The van der Waals surface area contributed by atoms with Crippen molar-refractivity contribution in [2.45, 2.75) is 25.8 Å². The zero-order valence-electron chi connectivity index (χ0n) is 13.2. The van der Waals surface area contributed by atoms with Crippen LogP contribution in [0.1, 0.15) is 25.5 Å². The van der Waals surface area contributed by atoms with E-state index < -0.39 is 10.0 Å². The summed E-state index contributed by atoms with van der Waals surface area (Å²) >= 11 is 0. The van der Waals surface area contributed by atoms with Gasteiger partial charge in [-0.25, -0.2) is 13.1 Å². The molecule has 1 aromatic rings. The number of likely N-dealkylation sites (tertiary alicyclic amines) is 1. The first-order valence-electron chi connectivity index (χ1n) is 7.81.